The molecule has 3 amide bonds. The Bertz CT molecular complexity index is 729. The summed E-state index contributed by atoms with van der Waals surface area (Å²) < 4.78 is 11.8. The van der Waals surface area contributed by atoms with Gasteiger partial charge in [-0.05, 0) is 26.2 Å². The molecule has 1 spiro atoms. The fourth-order valence-electron chi connectivity index (χ4n) is 6.02. The summed E-state index contributed by atoms with van der Waals surface area (Å²) in [6.07, 6.45) is 1.55. The van der Waals surface area contributed by atoms with Crippen molar-refractivity contribution < 1.29 is 29.0 Å². The molecule has 5 atom stereocenters. The summed E-state index contributed by atoms with van der Waals surface area (Å²) in [7, 11) is 1.56. The van der Waals surface area contributed by atoms with Gasteiger partial charge in [0, 0.05) is 46.4 Å². The fraction of sp³-hybridized carbons (Fsp3) is 0.857. The van der Waals surface area contributed by atoms with Crippen molar-refractivity contribution in [2.75, 3.05) is 59.6 Å². The second-order valence-corrected chi connectivity index (χ2v) is 9.20. The van der Waals surface area contributed by atoms with Crippen LogP contribution in [0, 0.1) is 11.8 Å². The van der Waals surface area contributed by atoms with Crippen molar-refractivity contribution in [3.05, 3.63) is 0 Å². The first-order chi connectivity index (χ1) is 14.9. The van der Waals surface area contributed by atoms with Crippen molar-refractivity contribution >= 4 is 17.7 Å². The first kappa shape index (κ1) is 22.4. The van der Waals surface area contributed by atoms with Crippen molar-refractivity contribution in [1.29, 1.82) is 0 Å². The second-order valence-electron chi connectivity index (χ2n) is 9.20. The van der Waals surface area contributed by atoms with E-state index in [1.165, 1.54) is 4.90 Å². The number of hydrogen-bond donors (Lipinski definition) is 3. The molecule has 10 heteroatoms. The Kier molecular flexibility index (Phi) is 6.26. The van der Waals surface area contributed by atoms with Crippen LogP contribution in [0.15, 0.2) is 0 Å². The quantitative estimate of drug-likeness (QED) is 0.414. The Labute approximate surface area is 182 Å². The van der Waals surface area contributed by atoms with Crippen LogP contribution in [0.1, 0.15) is 26.2 Å². The molecule has 4 aliphatic heterocycles. The van der Waals surface area contributed by atoms with Gasteiger partial charge < -0.3 is 30.1 Å². The number of ether oxygens (including phenoxy) is 2. The molecule has 4 saturated heterocycles. The summed E-state index contributed by atoms with van der Waals surface area (Å²) in [6.45, 7) is 6.29. The Morgan fingerprint density at radius 2 is 1.94 bits per heavy atom. The third kappa shape index (κ3) is 3.63. The lowest BCUT2D eigenvalue weighted by Crippen LogP contribution is -2.56. The number of nitrogens with zero attached hydrogens (tertiary/aromatic N) is 2. The van der Waals surface area contributed by atoms with Gasteiger partial charge in [0.2, 0.25) is 17.7 Å². The Balaban J connectivity index is 1.54. The average molecular weight is 439 g/mol. The minimum absolute atomic E-state index is 0.0791. The molecule has 4 fully saturated rings. The number of likely N-dealkylation sites (tertiary alicyclic amines) is 1. The summed E-state index contributed by atoms with van der Waals surface area (Å²) in [5.41, 5.74) is -1.75. The van der Waals surface area contributed by atoms with Crippen LogP contribution in [0.2, 0.25) is 0 Å². The molecule has 174 valence electrons. The predicted octanol–water partition coefficient (Wildman–Crippen LogP) is -1.67. The second kappa shape index (κ2) is 8.65. The van der Waals surface area contributed by atoms with Crippen LogP contribution >= 0.6 is 0 Å². The van der Waals surface area contributed by atoms with Gasteiger partial charge in [0.15, 0.2) is 0 Å². The number of nitrogens with one attached hydrogen (secondary N) is 2. The molecule has 0 aliphatic carbocycles. The highest BCUT2D eigenvalue weighted by Crippen LogP contribution is 2.63. The summed E-state index contributed by atoms with van der Waals surface area (Å²) in [5, 5.41) is 15.0. The maximum atomic E-state index is 13.5. The van der Waals surface area contributed by atoms with Crippen LogP contribution in [-0.4, -0.2) is 109 Å². The van der Waals surface area contributed by atoms with E-state index >= 15 is 0 Å². The molecule has 0 aromatic carbocycles. The molecule has 10 nitrogen and oxygen atoms in total. The summed E-state index contributed by atoms with van der Waals surface area (Å²) in [6, 6.07) is -0.794. The van der Waals surface area contributed by atoms with Crippen molar-refractivity contribution in [3.63, 3.8) is 0 Å². The molecule has 0 radical (unpaired) electrons. The number of rotatable bonds is 8. The summed E-state index contributed by atoms with van der Waals surface area (Å²) >= 11 is 0. The molecule has 4 rings (SSSR count). The average Bonchev–Trinajstić information content (AvgIpc) is 3.33. The first-order valence-corrected chi connectivity index (χ1v) is 11.3. The zero-order valence-corrected chi connectivity index (χ0v) is 18.4. The lowest BCUT2D eigenvalue weighted by molar-refractivity contribution is -0.146. The summed E-state index contributed by atoms with van der Waals surface area (Å²) in [4.78, 5) is 43.3. The monoisotopic (exact) mass is 438 g/mol. The van der Waals surface area contributed by atoms with Crippen molar-refractivity contribution in [3.8, 4) is 0 Å². The zero-order chi connectivity index (χ0) is 22.2. The number of hydrogen-bond acceptors (Lipinski definition) is 7. The molecule has 31 heavy (non-hydrogen) atoms. The molecular formula is C21H34N4O6. The SMILES string of the molecule is CNC(=O)[C@@H]1[C@H]2C(=O)N(CCCO)C(C(=O)NCCN3CCOCC3)C23CC[C@@]1(C)O3. The van der Waals surface area contributed by atoms with E-state index in [-0.39, 0.29) is 30.9 Å². The van der Waals surface area contributed by atoms with E-state index in [2.05, 4.69) is 15.5 Å². The lowest BCUT2D eigenvalue weighted by Gasteiger charge is -2.33. The smallest absolute Gasteiger partial charge is 0.245 e. The molecule has 2 unspecified atom stereocenters. The van der Waals surface area contributed by atoms with Gasteiger partial charge >= 0.3 is 0 Å². The van der Waals surface area contributed by atoms with E-state index in [9.17, 15) is 19.5 Å². The topological polar surface area (TPSA) is 120 Å². The lowest BCUT2D eigenvalue weighted by atomic mass is 9.66. The largest absolute Gasteiger partial charge is 0.396 e. The van der Waals surface area contributed by atoms with Crippen LogP contribution in [-0.2, 0) is 23.9 Å². The number of fused-ring (bicyclic) bond motifs is 1. The van der Waals surface area contributed by atoms with Crippen molar-refractivity contribution in [2.45, 2.75) is 43.4 Å². The fourth-order valence-corrected chi connectivity index (χ4v) is 6.02. The number of carbonyl (C=O) groups excluding carboxylic acids is 3. The number of aliphatic hydroxyl groups is 1. The van der Waals surface area contributed by atoms with Crippen molar-refractivity contribution in [2.24, 2.45) is 11.8 Å². The van der Waals surface area contributed by atoms with Gasteiger partial charge in [-0.25, -0.2) is 0 Å². The number of amides is 3. The third-order valence-corrected chi connectivity index (χ3v) is 7.44. The van der Waals surface area contributed by atoms with Gasteiger partial charge in [-0.1, -0.05) is 0 Å². The predicted molar refractivity (Wildman–Crippen MR) is 110 cm³/mol. The Morgan fingerprint density at radius 1 is 1.19 bits per heavy atom. The maximum absolute atomic E-state index is 13.5. The number of carbonyl (C=O) groups is 3. The molecule has 0 aromatic rings. The standard InChI is InChI=1S/C21H34N4O6/c1-20-4-5-21(31-20)15(14(20)17(27)22-2)19(29)25(7-3-11-26)16(21)18(28)23-6-8-24-9-12-30-13-10-24/h14-16,26H,3-13H2,1-2H3,(H,22,27)(H,23,28)/t14-,15-,16?,20+,21?/m0/s1. The zero-order valence-electron chi connectivity index (χ0n) is 18.4. The first-order valence-electron chi connectivity index (χ1n) is 11.3. The van der Waals surface area contributed by atoms with Crippen LogP contribution in [0.4, 0.5) is 0 Å². The van der Waals surface area contributed by atoms with Crippen LogP contribution < -0.4 is 10.6 Å². The molecule has 2 bridgehead atoms. The Hall–Kier alpha value is -1.75. The molecular weight excluding hydrogens is 404 g/mol. The highest BCUT2D eigenvalue weighted by atomic mass is 16.5. The van der Waals surface area contributed by atoms with E-state index < -0.39 is 29.1 Å². The molecule has 4 aliphatic rings. The van der Waals surface area contributed by atoms with Crippen LogP contribution in [0.25, 0.3) is 0 Å². The van der Waals surface area contributed by atoms with E-state index in [1.807, 2.05) is 6.92 Å². The molecule has 3 N–H and O–H groups in total. The third-order valence-electron chi connectivity index (χ3n) is 7.44. The van der Waals surface area contributed by atoms with E-state index in [4.69, 9.17) is 9.47 Å². The van der Waals surface area contributed by atoms with Gasteiger partial charge in [0.25, 0.3) is 0 Å². The van der Waals surface area contributed by atoms with Crippen LogP contribution in [0.5, 0.6) is 0 Å². The highest BCUT2D eigenvalue weighted by molar-refractivity contribution is 5.99. The van der Waals surface area contributed by atoms with E-state index in [0.717, 1.165) is 13.1 Å². The highest BCUT2D eigenvalue weighted by Gasteiger charge is 2.77. The van der Waals surface area contributed by atoms with Gasteiger partial charge in [-0.15, -0.1) is 0 Å². The van der Waals surface area contributed by atoms with E-state index in [1.54, 1.807) is 7.05 Å². The van der Waals surface area contributed by atoms with E-state index in [0.29, 0.717) is 45.6 Å². The van der Waals surface area contributed by atoms with Gasteiger partial charge in [0.05, 0.1) is 30.7 Å². The Morgan fingerprint density at radius 3 is 2.61 bits per heavy atom. The van der Waals surface area contributed by atoms with Gasteiger partial charge in [0.1, 0.15) is 11.6 Å². The molecule has 0 saturated carbocycles. The summed E-state index contributed by atoms with van der Waals surface area (Å²) in [5.74, 6) is -2.00. The molecule has 0 aromatic heterocycles. The minimum Gasteiger partial charge on any atom is -0.396 e. The van der Waals surface area contributed by atoms with Crippen LogP contribution in [0.3, 0.4) is 0 Å². The normalized spacial score (nSPS) is 37.2. The minimum atomic E-state index is -0.998. The number of aliphatic hydroxyl groups excluding tert-OH is 1. The maximum Gasteiger partial charge on any atom is 0.245 e. The van der Waals surface area contributed by atoms with Crippen molar-refractivity contribution in [1.82, 2.24) is 20.4 Å². The van der Waals surface area contributed by atoms with Gasteiger partial charge in [-0.3, -0.25) is 19.3 Å². The number of morpholine rings is 1. The molecule has 4 heterocycles. The van der Waals surface area contributed by atoms with Gasteiger partial charge in [-0.2, -0.15) is 0 Å².